The van der Waals surface area contributed by atoms with Crippen LogP contribution in [0.25, 0.3) is 0 Å². The molecule has 0 aromatic heterocycles. The molecule has 1 saturated heterocycles. The summed E-state index contributed by atoms with van der Waals surface area (Å²) < 4.78 is 0.874. The summed E-state index contributed by atoms with van der Waals surface area (Å²) in [7, 11) is 0. The number of hydrogen-bond acceptors (Lipinski definition) is 4. The summed E-state index contributed by atoms with van der Waals surface area (Å²) in [6.45, 7) is 5.55. The molecule has 0 atom stereocenters. The van der Waals surface area contributed by atoms with Crippen LogP contribution in [-0.4, -0.2) is 35.5 Å². The van der Waals surface area contributed by atoms with Crippen LogP contribution < -0.4 is 5.32 Å². The number of rotatable bonds is 5. The van der Waals surface area contributed by atoms with Crippen molar-refractivity contribution in [1.29, 1.82) is 0 Å². The minimum Gasteiger partial charge on any atom is -0.381 e. The molecule has 1 aromatic carbocycles. The Hall–Kier alpha value is -1.14. The molecule has 2 rings (SSSR count). The fourth-order valence-electron chi connectivity index (χ4n) is 2.57. The van der Waals surface area contributed by atoms with E-state index < -0.39 is 0 Å². The highest BCUT2D eigenvalue weighted by Gasteiger charge is 2.19. The minimum atomic E-state index is -0.360. The van der Waals surface area contributed by atoms with Gasteiger partial charge in [0.25, 0.3) is 5.69 Å². The number of anilines is 1. The molecular weight excluding hydrogens is 322 g/mol. The molecular formula is C14H20BrN3O2. The molecule has 1 fully saturated rings. The monoisotopic (exact) mass is 341 g/mol. The van der Waals surface area contributed by atoms with Crippen LogP contribution in [0.15, 0.2) is 22.7 Å². The summed E-state index contributed by atoms with van der Waals surface area (Å²) in [5.41, 5.74) is 0.937. The highest BCUT2D eigenvalue weighted by atomic mass is 79.9. The van der Waals surface area contributed by atoms with E-state index in [1.165, 1.54) is 12.5 Å². The number of nitro benzene ring substituents is 1. The topological polar surface area (TPSA) is 58.4 Å². The second-order valence-electron chi connectivity index (χ2n) is 5.18. The van der Waals surface area contributed by atoms with Crippen LogP contribution in [0, 0.1) is 10.1 Å². The standard InChI is InChI=1S/C14H20BrN3O2/c1-2-7-17-8-5-11(6-9-17)16-14-10-12(18(19)20)3-4-13(14)15/h3-4,10-11,16H,2,5-9H2,1H3. The van der Waals surface area contributed by atoms with Gasteiger partial charge in [0.05, 0.1) is 10.6 Å². The van der Waals surface area contributed by atoms with Crippen LogP contribution in [0.4, 0.5) is 11.4 Å². The molecule has 20 heavy (non-hydrogen) atoms. The van der Waals surface area contributed by atoms with Gasteiger partial charge in [0.15, 0.2) is 0 Å². The van der Waals surface area contributed by atoms with Gasteiger partial charge in [-0.3, -0.25) is 10.1 Å². The molecule has 1 N–H and O–H groups in total. The van der Waals surface area contributed by atoms with Crippen molar-refractivity contribution in [2.24, 2.45) is 0 Å². The predicted octanol–water partition coefficient (Wildman–Crippen LogP) is 3.64. The second kappa shape index (κ2) is 7.04. The zero-order valence-electron chi connectivity index (χ0n) is 11.6. The molecule has 6 heteroatoms. The number of nitrogens with one attached hydrogen (secondary N) is 1. The number of non-ortho nitro benzene ring substituents is 1. The molecule has 1 heterocycles. The SMILES string of the molecule is CCCN1CCC(Nc2cc([N+](=O)[O-])ccc2Br)CC1. The third-order valence-electron chi connectivity index (χ3n) is 3.65. The van der Waals surface area contributed by atoms with Crippen molar-refractivity contribution in [3.63, 3.8) is 0 Å². The van der Waals surface area contributed by atoms with Gasteiger partial charge in [-0.15, -0.1) is 0 Å². The molecule has 0 unspecified atom stereocenters. The number of likely N-dealkylation sites (tertiary alicyclic amines) is 1. The third-order valence-corrected chi connectivity index (χ3v) is 4.34. The zero-order chi connectivity index (χ0) is 14.5. The van der Waals surface area contributed by atoms with E-state index in [0.29, 0.717) is 6.04 Å². The zero-order valence-corrected chi connectivity index (χ0v) is 13.2. The van der Waals surface area contributed by atoms with E-state index in [9.17, 15) is 10.1 Å². The van der Waals surface area contributed by atoms with Crippen LogP contribution in [0.3, 0.4) is 0 Å². The van der Waals surface area contributed by atoms with Crippen molar-refractivity contribution >= 4 is 27.3 Å². The van der Waals surface area contributed by atoms with Gasteiger partial charge in [0.2, 0.25) is 0 Å². The van der Waals surface area contributed by atoms with E-state index in [-0.39, 0.29) is 10.6 Å². The Labute approximate surface area is 127 Å². The van der Waals surface area contributed by atoms with Gasteiger partial charge in [0.1, 0.15) is 0 Å². The van der Waals surface area contributed by atoms with Crippen molar-refractivity contribution in [1.82, 2.24) is 4.90 Å². The fourth-order valence-corrected chi connectivity index (χ4v) is 2.94. The lowest BCUT2D eigenvalue weighted by molar-refractivity contribution is -0.384. The van der Waals surface area contributed by atoms with Crippen molar-refractivity contribution in [2.75, 3.05) is 25.0 Å². The smallest absolute Gasteiger partial charge is 0.271 e. The molecule has 0 amide bonds. The van der Waals surface area contributed by atoms with E-state index in [1.807, 2.05) is 0 Å². The lowest BCUT2D eigenvalue weighted by Gasteiger charge is -2.32. The average Bonchev–Trinajstić information content (AvgIpc) is 2.43. The number of benzene rings is 1. The van der Waals surface area contributed by atoms with Crippen LogP contribution in [0.2, 0.25) is 0 Å². The number of hydrogen-bond donors (Lipinski definition) is 1. The van der Waals surface area contributed by atoms with Gasteiger partial charge in [-0.2, -0.15) is 0 Å². The first-order valence-corrected chi connectivity index (χ1v) is 7.82. The summed E-state index contributed by atoms with van der Waals surface area (Å²) in [6, 6.07) is 5.23. The van der Waals surface area contributed by atoms with Crippen LogP contribution in [-0.2, 0) is 0 Å². The van der Waals surface area contributed by atoms with E-state index in [4.69, 9.17) is 0 Å². The van der Waals surface area contributed by atoms with Crippen molar-refractivity contribution in [3.8, 4) is 0 Å². The number of nitrogens with zero attached hydrogens (tertiary/aromatic N) is 2. The summed E-state index contributed by atoms with van der Waals surface area (Å²) in [5.74, 6) is 0. The Bertz CT molecular complexity index is 473. The van der Waals surface area contributed by atoms with Gasteiger partial charge in [-0.05, 0) is 47.8 Å². The quantitative estimate of drug-likeness (QED) is 0.656. The normalized spacial score (nSPS) is 17.1. The van der Waals surface area contributed by atoms with Gasteiger partial charge in [-0.25, -0.2) is 0 Å². The summed E-state index contributed by atoms with van der Waals surface area (Å²) in [6.07, 6.45) is 3.35. The third kappa shape index (κ3) is 3.93. The molecule has 0 saturated carbocycles. The largest absolute Gasteiger partial charge is 0.381 e. The van der Waals surface area contributed by atoms with Gasteiger partial charge in [-0.1, -0.05) is 6.92 Å². The Kier molecular flexibility index (Phi) is 5.37. The fraction of sp³-hybridized carbons (Fsp3) is 0.571. The molecule has 1 aliphatic rings. The molecule has 1 aromatic rings. The number of halogens is 1. The lowest BCUT2D eigenvalue weighted by Crippen LogP contribution is -2.39. The van der Waals surface area contributed by atoms with E-state index >= 15 is 0 Å². The molecule has 0 spiro atoms. The van der Waals surface area contributed by atoms with E-state index in [2.05, 4.69) is 33.1 Å². The summed E-state index contributed by atoms with van der Waals surface area (Å²) in [5, 5.41) is 14.3. The highest BCUT2D eigenvalue weighted by Crippen LogP contribution is 2.29. The van der Waals surface area contributed by atoms with Crippen LogP contribution in [0.1, 0.15) is 26.2 Å². The van der Waals surface area contributed by atoms with Crippen LogP contribution >= 0.6 is 15.9 Å². The maximum absolute atomic E-state index is 10.8. The van der Waals surface area contributed by atoms with Crippen LogP contribution in [0.5, 0.6) is 0 Å². The van der Waals surface area contributed by atoms with E-state index in [1.54, 1.807) is 12.1 Å². The predicted molar refractivity (Wildman–Crippen MR) is 84.2 cm³/mol. The summed E-state index contributed by atoms with van der Waals surface area (Å²) >= 11 is 3.45. The number of nitro groups is 1. The Morgan fingerprint density at radius 2 is 2.15 bits per heavy atom. The highest BCUT2D eigenvalue weighted by molar-refractivity contribution is 9.10. The lowest BCUT2D eigenvalue weighted by atomic mass is 10.0. The Morgan fingerprint density at radius 3 is 2.75 bits per heavy atom. The molecule has 0 radical (unpaired) electrons. The van der Waals surface area contributed by atoms with Gasteiger partial charge in [0, 0.05) is 35.7 Å². The van der Waals surface area contributed by atoms with E-state index in [0.717, 1.165) is 42.6 Å². The molecule has 5 nitrogen and oxygen atoms in total. The first-order valence-electron chi connectivity index (χ1n) is 7.03. The molecule has 0 bridgehead atoms. The van der Waals surface area contributed by atoms with Crippen molar-refractivity contribution in [2.45, 2.75) is 32.2 Å². The molecule has 110 valence electrons. The first kappa shape index (κ1) is 15.3. The maximum atomic E-state index is 10.8. The van der Waals surface area contributed by atoms with Gasteiger partial charge < -0.3 is 10.2 Å². The minimum absolute atomic E-state index is 0.124. The maximum Gasteiger partial charge on any atom is 0.271 e. The first-order chi connectivity index (χ1) is 9.60. The Morgan fingerprint density at radius 1 is 1.45 bits per heavy atom. The average molecular weight is 342 g/mol. The van der Waals surface area contributed by atoms with Gasteiger partial charge >= 0.3 is 0 Å². The second-order valence-corrected chi connectivity index (χ2v) is 6.04. The number of piperidine rings is 1. The molecule has 1 aliphatic heterocycles. The summed E-state index contributed by atoms with van der Waals surface area (Å²) in [4.78, 5) is 12.9. The van der Waals surface area contributed by atoms with Crippen molar-refractivity contribution < 1.29 is 4.92 Å². The molecule has 0 aliphatic carbocycles. The van der Waals surface area contributed by atoms with Crippen molar-refractivity contribution in [3.05, 3.63) is 32.8 Å². The Balaban J connectivity index is 1.97.